The van der Waals surface area contributed by atoms with Crippen LogP contribution in [0.5, 0.6) is 11.5 Å². The molecule has 16 heavy (non-hydrogen) atoms. The fourth-order valence-corrected chi connectivity index (χ4v) is 1.29. The third-order valence-electron chi connectivity index (χ3n) is 2.07. The van der Waals surface area contributed by atoms with E-state index >= 15 is 0 Å². The zero-order valence-electron chi connectivity index (χ0n) is 10.6. The Morgan fingerprint density at radius 2 is 1.75 bits per heavy atom. The average Bonchev–Trinajstić information content (AvgIpc) is 2.19. The highest BCUT2D eigenvalue weighted by atomic mass is 16.5. The summed E-state index contributed by atoms with van der Waals surface area (Å²) in [5, 5.41) is 0. The maximum absolute atomic E-state index is 5.70. The third-order valence-corrected chi connectivity index (χ3v) is 2.07. The van der Waals surface area contributed by atoms with Crippen LogP contribution in [0.4, 0.5) is 0 Å². The normalized spacial score (nSPS) is 10.9. The summed E-state index contributed by atoms with van der Waals surface area (Å²) in [5.41, 5.74) is 0. The van der Waals surface area contributed by atoms with Crippen LogP contribution in [0.15, 0.2) is 24.3 Å². The molecule has 0 fully saturated rings. The highest BCUT2D eigenvalue weighted by molar-refractivity contribution is 5.39. The highest BCUT2D eigenvalue weighted by Crippen LogP contribution is 2.27. The number of likely N-dealkylation sites (N-methyl/N-ethyl adjacent to an activating group) is 1. The van der Waals surface area contributed by atoms with Crippen molar-refractivity contribution in [1.82, 2.24) is 0 Å². The van der Waals surface area contributed by atoms with Gasteiger partial charge in [-0.1, -0.05) is 12.1 Å². The Hall–Kier alpha value is -1.22. The van der Waals surface area contributed by atoms with Crippen molar-refractivity contribution in [3.8, 4) is 11.5 Å². The molecule has 0 saturated carbocycles. The number of hydrogen-bond acceptors (Lipinski definition) is 2. The first-order valence-electron chi connectivity index (χ1n) is 5.77. The van der Waals surface area contributed by atoms with Crippen molar-refractivity contribution in [2.75, 3.05) is 27.2 Å². The molecule has 0 aliphatic heterocycles. The van der Waals surface area contributed by atoms with Crippen molar-refractivity contribution >= 4 is 0 Å². The van der Waals surface area contributed by atoms with Crippen molar-refractivity contribution in [3.05, 3.63) is 24.3 Å². The van der Waals surface area contributed by atoms with Gasteiger partial charge in [0, 0.05) is 0 Å². The van der Waals surface area contributed by atoms with Crippen molar-refractivity contribution in [1.29, 1.82) is 0 Å². The fraction of sp³-hybridized carbons (Fsp3) is 0.538. The zero-order valence-corrected chi connectivity index (χ0v) is 10.6. The fourth-order valence-electron chi connectivity index (χ4n) is 1.29. The van der Waals surface area contributed by atoms with Crippen LogP contribution in [0.1, 0.15) is 13.8 Å². The minimum absolute atomic E-state index is 0.171. The number of rotatable bonds is 6. The lowest BCUT2D eigenvalue weighted by molar-refractivity contribution is -0.858. The molecule has 0 bridgehead atoms. The van der Waals surface area contributed by atoms with Crippen LogP contribution in [0.3, 0.4) is 0 Å². The first-order chi connectivity index (χ1) is 7.59. The van der Waals surface area contributed by atoms with Gasteiger partial charge in [0.05, 0.1) is 20.2 Å². The van der Waals surface area contributed by atoms with E-state index in [0.29, 0.717) is 6.61 Å². The van der Waals surface area contributed by atoms with Gasteiger partial charge in [0.2, 0.25) is 0 Å². The summed E-state index contributed by atoms with van der Waals surface area (Å²) in [6.07, 6.45) is 0.171. The van der Waals surface area contributed by atoms with Gasteiger partial charge in [-0.25, -0.2) is 0 Å². The van der Waals surface area contributed by atoms with Gasteiger partial charge in [-0.15, -0.1) is 0 Å². The standard InChI is InChI=1S/C13H21NO2/c1-11(2)16-13-8-6-5-7-12(13)15-10-9-14(3)4/h5-8,11H,9-10H2,1-4H3/p+1. The molecule has 0 unspecified atom stereocenters. The van der Waals surface area contributed by atoms with Gasteiger partial charge in [-0.3, -0.25) is 0 Å². The molecule has 0 radical (unpaired) electrons. The maximum Gasteiger partial charge on any atom is 0.161 e. The topological polar surface area (TPSA) is 22.9 Å². The lowest BCUT2D eigenvalue weighted by atomic mass is 10.3. The minimum Gasteiger partial charge on any atom is -0.487 e. The first-order valence-corrected chi connectivity index (χ1v) is 5.77. The molecule has 3 heteroatoms. The van der Waals surface area contributed by atoms with E-state index in [1.807, 2.05) is 38.1 Å². The number of para-hydroxylation sites is 2. The van der Waals surface area contributed by atoms with E-state index in [-0.39, 0.29) is 6.10 Å². The number of benzene rings is 1. The predicted octanol–water partition coefficient (Wildman–Crippen LogP) is 0.997. The summed E-state index contributed by atoms with van der Waals surface area (Å²) >= 11 is 0. The van der Waals surface area contributed by atoms with Gasteiger partial charge in [0.1, 0.15) is 13.2 Å². The molecule has 3 nitrogen and oxygen atoms in total. The largest absolute Gasteiger partial charge is 0.487 e. The summed E-state index contributed by atoms with van der Waals surface area (Å²) in [6, 6.07) is 7.81. The predicted molar refractivity (Wildman–Crippen MR) is 65.4 cm³/mol. The van der Waals surface area contributed by atoms with Gasteiger partial charge in [0.25, 0.3) is 0 Å². The minimum atomic E-state index is 0.171. The van der Waals surface area contributed by atoms with E-state index in [2.05, 4.69) is 14.1 Å². The summed E-state index contributed by atoms with van der Waals surface area (Å²) in [4.78, 5) is 1.38. The van der Waals surface area contributed by atoms with E-state index in [4.69, 9.17) is 9.47 Å². The van der Waals surface area contributed by atoms with E-state index < -0.39 is 0 Å². The van der Waals surface area contributed by atoms with Crippen molar-refractivity contribution in [2.45, 2.75) is 20.0 Å². The quantitative estimate of drug-likeness (QED) is 0.779. The molecule has 1 aromatic carbocycles. The van der Waals surface area contributed by atoms with Gasteiger partial charge in [-0.05, 0) is 26.0 Å². The summed E-state index contributed by atoms with van der Waals surface area (Å²) in [7, 11) is 4.22. The molecule has 0 spiro atoms. The van der Waals surface area contributed by atoms with Crippen LogP contribution in [-0.2, 0) is 0 Å². The monoisotopic (exact) mass is 224 g/mol. The van der Waals surface area contributed by atoms with E-state index in [9.17, 15) is 0 Å². The number of hydrogen-bond donors (Lipinski definition) is 1. The summed E-state index contributed by atoms with van der Waals surface area (Å²) in [6.45, 7) is 5.72. The Morgan fingerprint density at radius 3 is 2.31 bits per heavy atom. The van der Waals surface area contributed by atoms with Crippen molar-refractivity contribution in [2.24, 2.45) is 0 Å². The number of quaternary nitrogens is 1. The van der Waals surface area contributed by atoms with Gasteiger partial charge < -0.3 is 14.4 Å². The maximum atomic E-state index is 5.70. The molecule has 0 aliphatic rings. The molecule has 1 rings (SSSR count). The molecule has 0 aromatic heterocycles. The van der Waals surface area contributed by atoms with E-state index in [1.165, 1.54) is 4.90 Å². The van der Waals surface area contributed by atoms with E-state index in [0.717, 1.165) is 18.0 Å². The van der Waals surface area contributed by atoms with Gasteiger partial charge >= 0.3 is 0 Å². The van der Waals surface area contributed by atoms with Crippen molar-refractivity contribution < 1.29 is 14.4 Å². The lowest BCUT2D eigenvalue weighted by Gasteiger charge is -2.15. The molecule has 0 heterocycles. The highest BCUT2D eigenvalue weighted by Gasteiger charge is 2.06. The molecule has 0 amide bonds. The van der Waals surface area contributed by atoms with Gasteiger partial charge in [-0.2, -0.15) is 0 Å². The number of ether oxygens (including phenoxy) is 2. The molecule has 1 aromatic rings. The van der Waals surface area contributed by atoms with Crippen LogP contribution in [0, 0.1) is 0 Å². The van der Waals surface area contributed by atoms with Crippen LogP contribution >= 0.6 is 0 Å². The second-order valence-electron chi connectivity index (χ2n) is 4.42. The van der Waals surface area contributed by atoms with Crippen LogP contribution < -0.4 is 14.4 Å². The zero-order chi connectivity index (χ0) is 12.0. The van der Waals surface area contributed by atoms with E-state index in [1.54, 1.807) is 0 Å². The summed E-state index contributed by atoms with van der Waals surface area (Å²) in [5.74, 6) is 1.66. The molecule has 90 valence electrons. The molecular formula is C13H22NO2+. The third kappa shape index (κ3) is 4.53. The molecule has 1 N–H and O–H groups in total. The van der Waals surface area contributed by atoms with Crippen LogP contribution in [-0.4, -0.2) is 33.4 Å². The Bertz CT molecular complexity index is 311. The molecule has 0 saturated heterocycles. The first kappa shape index (κ1) is 12.8. The lowest BCUT2D eigenvalue weighted by Crippen LogP contribution is -3.06. The summed E-state index contributed by atoms with van der Waals surface area (Å²) < 4.78 is 11.4. The Kier molecular flexibility index (Phi) is 5.12. The number of nitrogens with one attached hydrogen (secondary N) is 1. The van der Waals surface area contributed by atoms with Crippen molar-refractivity contribution in [3.63, 3.8) is 0 Å². The Balaban J connectivity index is 2.56. The van der Waals surface area contributed by atoms with Crippen LogP contribution in [0.25, 0.3) is 0 Å². The smallest absolute Gasteiger partial charge is 0.161 e. The molecule has 0 aliphatic carbocycles. The SMILES string of the molecule is CC(C)Oc1ccccc1OCC[NH+](C)C. The second kappa shape index (κ2) is 6.38. The average molecular weight is 224 g/mol. The Labute approximate surface area is 98.0 Å². The Morgan fingerprint density at radius 1 is 1.12 bits per heavy atom. The molecule has 0 atom stereocenters. The second-order valence-corrected chi connectivity index (χ2v) is 4.42. The van der Waals surface area contributed by atoms with Crippen LogP contribution in [0.2, 0.25) is 0 Å². The van der Waals surface area contributed by atoms with Gasteiger partial charge in [0.15, 0.2) is 11.5 Å². The molecular weight excluding hydrogens is 202 g/mol.